The van der Waals surface area contributed by atoms with Gasteiger partial charge >= 0.3 is 6.09 Å². The topological polar surface area (TPSA) is 77.2 Å². The Morgan fingerprint density at radius 1 is 1.25 bits per heavy atom. The Morgan fingerprint density at radius 2 is 1.89 bits per heavy atom. The molecule has 6 nitrogen and oxygen atoms in total. The van der Waals surface area contributed by atoms with Gasteiger partial charge in [-0.25, -0.2) is 9.18 Å². The number of carbonyl (C=O) groups is 1. The van der Waals surface area contributed by atoms with Crippen molar-refractivity contribution in [2.45, 2.75) is 71.4 Å². The molecule has 28 heavy (non-hydrogen) atoms. The molecule has 0 radical (unpaired) electrons. The van der Waals surface area contributed by atoms with E-state index in [9.17, 15) is 9.18 Å². The van der Waals surface area contributed by atoms with Crippen molar-refractivity contribution >= 4 is 6.09 Å². The molecule has 1 aromatic heterocycles. The van der Waals surface area contributed by atoms with Crippen LogP contribution in [0, 0.1) is 11.2 Å². The number of rotatable bonds is 3. The summed E-state index contributed by atoms with van der Waals surface area (Å²) in [5.74, 6) is 0.561. The number of alkyl carbamates (subject to hydrolysis) is 1. The Bertz CT molecular complexity index is 855. The maximum absolute atomic E-state index is 13.1. The van der Waals surface area contributed by atoms with Crippen LogP contribution in [-0.4, -0.2) is 27.4 Å². The summed E-state index contributed by atoms with van der Waals surface area (Å²) in [6, 6.07) is 5.97. The second-order valence-corrected chi connectivity index (χ2v) is 9.27. The fourth-order valence-corrected chi connectivity index (χ4v) is 3.72. The van der Waals surface area contributed by atoms with E-state index in [1.165, 1.54) is 12.1 Å². The first-order valence-electron chi connectivity index (χ1n) is 9.52. The fraction of sp³-hybridized carbons (Fsp3) is 0.571. The Balaban J connectivity index is 1.79. The third-order valence-electron chi connectivity index (χ3n) is 5.78. The molecule has 152 valence electrons. The second-order valence-electron chi connectivity index (χ2n) is 9.27. The van der Waals surface area contributed by atoms with E-state index in [1.54, 1.807) is 12.1 Å². The molecule has 1 aromatic carbocycles. The Morgan fingerprint density at radius 3 is 2.50 bits per heavy atom. The van der Waals surface area contributed by atoms with Gasteiger partial charge in [-0.1, -0.05) is 19.0 Å². The Kier molecular flexibility index (Phi) is 4.98. The van der Waals surface area contributed by atoms with Crippen molar-refractivity contribution in [1.29, 1.82) is 0 Å². The molecule has 0 aliphatic heterocycles. The molecule has 2 aromatic rings. The van der Waals surface area contributed by atoms with Crippen LogP contribution in [-0.2, 0) is 4.74 Å². The third kappa shape index (κ3) is 3.88. The average molecular weight is 389 g/mol. The number of aromatic nitrogens is 2. The molecule has 1 N–H and O–H groups in total. The second kappa shape index (κ2) is 6.87. The average Bonchev–Trinajstić information content (AvgIpc) is 3.10. The summed E-state index contributed by atoms with van der Waals surface area (Å²) in [6.07, 6.45) is 1.02. The first kappa shape index (κ1) is 20.3. The van der Waals surface area contributed by atoms with Gasteiger partial charge in [-0.15, -0.1) is 0 Å². The summed E-state index contributed by atoms with van der Waals surface area (Å²) < 4.78 is 24.5. The first-order chi connectivity index (χ1) is 12.9. The van der Waals surface area contributed by atoms with E-state index >= 15 is 0 Å². The van der Waals surface area contributed by atoms with Gasteiger partial charge < -0.3 is 14.6 Å². The standard InChI is InChI=1S/C21H28FN3O3/c1-19(2,3)24-18(26)27-21(6)12-11-15(20(21,4)5)17-23-16(25-28-17)13-7-9-14(22)10-8-13/h7-10,15H,11-12H2,1-6H3,(H,24,26)/t15-,21-/m1/s1. The van der Waals surface area contributed by atoms with Crippen molar-refractivity contribution in [1.82, 2.24) is 15.5 Å². The number of benzene rings is 1. The van der Waals surface area contributed by atoms with E-state index in [-0.39, 0.29) is 17.3 Å². The van der Waals surface area contributed by atoms with Gasteiger partial charge in [0.25, 0.3) is 0 Å². The van der Waals surface area contributed by atoms with Crippen LogP contribution in [0.5, 0.6) is 0 Å². The maximum Gasteiger partial charge on any atom is 0.408 e. The molecule has 7 heteroatoms. The lowest BCUT2D eigenvalue weighted by Gasteiger charge is -2.40. The smallest absolute Gasteiger partial charge is 0.408 e. The Labute approximate surface area is 164 Å². The number of hydrogen-bond donors (Lipinski definition) is 1. The van der Waals surface area contributed by atoms with Gasteiger partial charge in [-0.3, -0.25) is 0 Å². The molecule has 1 amide bonds. The van der Waals surface area contributed by atoms with Gasteiger partial charge in [0.05, 0.1) is 0 Å². The molecule has 0 saturated heterocycles. The lowest BCUT2D eigenvalue weighted by molar-refractivity contribution is -0.0499. The van der Waals surface area contributed by atoms with Crippen LogP contribution >= 0.6 is 0 Å². The molecule has 0 bridgehead atoms. The van der Waals surface area contributed by atoms with E-state index in [0.29, 0.717) is 23.7 Å². The van der Waals surface area contributed by atoms with Crippen molar-refractivity contribution < 1.29 is 18.4 Å². The highest BCUT2D eigenvalue weighted by atomic mass is 19.1. The zero-order valence-electron chi connectivity index (χ0n) is 17.3. The highest BCUT2D eigenvalue weighted by Crippen LogP contribution is 2.56. The lowest BCUT2D eigenvalue weighted by atomic mass is 9.73. The van der Waals surface area contributed by atoms with Crippen molar-refractivity contribution in [2.24, 2.45) is 5.41 Å². The maximum atomic E-state index is 13.1. The SMILES string of the molecule is CC(C)(C)NC(=O)O[C@]1(C)CC[C@H](c2nc(-c3ccc(F)cc3)no2)C1(C)C. The zero-order chi connectivity index (χ0) is 20.7. The number of halogens is 1. The molecular formula is C21H28FN3O3. The van der Waals surface area contributed by atoms with Crippen molar-refractivity contribution in [2.75, 3.05) is 0 Å². The van der Waals surface area contributed by atoms with E-state index in [0.717, 1.165) is 6.42 Å². The molecule has 1 heterocycles. The summed E-state index contributed by atoms with van der Waals surface area (Å²) in [6.45, 7) is 11.8. The fourth-order valence-electron chi connectivity index (χ4n) is 3.72. The molecule has 1 aliphatic carbocycles. The van der Waals surface area contributed by atoms with Gasteiger partial charge in [0.2, 0.25) is 11.7 Å². The van der Waals surface area contributed by atoms with Gasteiger partial charge in [0.15, 0.2) is 0 Å². The third-order valence-corrected chi connectivity index (χ3v) is 5.78. The van der Waals surface area contributed by atoms with Gasteiger partial charge in [0, 0.05) is 22.4 Å². The molecule has 1 saturated carbocycles. The highest BCUT2D eigenvalue weighted by molar-refractivity contribution is 5.68. The molecular weight excluding hydrogens is 361 g/mol. The first-order valence-corrected chi connectivity index (χ1v) is 9.52. The van der Waals surface area contributed by atoms with Gasteiger partial charge in [-0.2, -0.15) is 4.98 Å². The largest absolute Gasteiger partial charge is 0.443 e. The zero-order valence-corrected chi connectivity index (χ0v) is 17.3. The highest BCUT2D eigenvalue weighted by Gasteiger charge is 2.56. The molecule has 0 unspecified atom stereocenters. The molecule has 2 atom stereocenters. The van der Waals surface area contributed by atoms with Crippen LogP contribution in [0.2, 0.25) is 0 Å². The van der Waals surface area contributed by atoms with Gasteiger partial charge in [0.1, 0.15) is 11.4 Å². The molecule has 1 aliphatic rings. The summed E-state index contributed by atoms with van der Waals surface area (Å²) in [5, 5.41) is 6.91. The molecule has 1 fully saturated rings. The minimum atomic E-state index is -0.669. The summed E-state index contributed by atoms with van der Waals surface area (Å²) in [7, 11) is 0. The number of carbonyl (C=O) groups excluding carboxylic acids is 1. The van der Waals surface area contributed by atoms with Crippen molar-refractivity contribution in [3.8, 4) is 11.4 Å². The number of hydrogen-bond acceptors (Lipinski definition) is 5. The number of nitrogens with zero attached hydrogens (tertiary/aromatic N) is 2. The van der Waals surface area contributed by atoms with E-state index in [1.807, 2.05) is 27.7 Å². The van der Waals surface area contributed by atoms with Crippen LogP contribution in [0.25, 0.3) is 11.4 Å². The minimum absolute atomic E-state index is 0.0540. The lowest BCUT2D eigenvalue weighted by Crippen LogP contribution is -2.49. The van der Waals surface area contributed by atoms with E-state index in [4.69, 9.17) is 9.26 Å². The van der Waals surface area contributed by atoms with Crippen LogP contribution < -0.4 is 5.32 Å². The number of nitrogens with one attached hydrogen (secondary N) is 1. The molecule has 0 spiro atoms. The van der Waals surface area contributed by atoms with Crippen LogP contribution in [0.1, 0.15) is 66.2 Å². The minimum Gasteiger partial charge on any atom is -0.443 e. The Hall–Kier alpha value is -2.44. The van der Waals surface area contributed by atoms with Crippen molar-refractivity contribution in [3.63, 3.8) is 0 Å². The predicted molar refractivity (Wildman–Crippen MR) is 103 cm³/mol. The summed E-state index contributed by atoms with van der Waals surface area (Å²) >= 11 is 0. The van der Waals surface area contributed by atoms with Crippen LogP contribution in [0.15, 0.2) is 28.8 Å². The number of amides is 1. The van der Waals surface area contributed by atoms with Crippen molar-refractivity contribution in [3.05, 3.63) is 36.0 Å². The predicted octanol–water partition coefficient (Wildman–Crippen LogP) is 5.06. The summed E-state index contributed by atoms with van der Waals surface area (Å²) in [5.41, 5.74) is -0.755. The van der Waals surface area contributed by atoms with E-state index < -0.39 is 17.1 Å². The van der Waals surface area contributed by atoms with Crippen LogP contribution in [0.4, 0.5) is 9.18 Å². The normalized spacial score (nSPS) is 24.2. The van der Waals surface area contributed by atoms with E-state index in [2.05, 4.69) is 29.3 Å². The monoisotopic (exact) mass is 389 g/mol. The van der Waals surface area contributed by atoms with Gasteiger partial charge in [-0.05, 0) is 64.8 Å². The van der Waals surface area contributed by atoms with Crippen LogP contribution in [0.3, 0.4) is 0 Å². The number of ether oxygens (including phenoxy) is 1. The molecule has 3 rings (SSSR count). The quantitative estimate of drug-likeness (QED) is 0.794. The summed E-state index contributed by atoms with van der Waals surface area (Å²) in [4.78, 5) is 16.9.